The summed E-state index contributed by atoms with van der Waals surface area (Å²) in [4.78, 5) is 11.8. The van der Waals surface area contributed by atoms with Crippen LogP contribution in [0.1, 0.15) is 16.7 Å². The molecule has 0 saturated heterocycles. The summed E-state index contributed by atoms with van der Waals surface area (Å²) in [5, 5.41) is 2.74. The van der Waals surface area contributed by atoms with Gasteiger partial charge in [0.1, 0.15) is 18.2 Å². The van der Waals surface area contributed by atoms with Crippen LogP contribution < -0.4 is 10.1 Å². The van der Waals surface area contributed by atoms with Crippen molar-refractivity contribution in [3.63, 3.8) is 0 Å². The van der Waals surface area contributed by atoms with Gasteiger partial charge in [0.05, 0.1) is 13.0 Å². The maximum absolute atomic E-state index is 13.4. The predicted molar refractivity (Wildman–Crippen MR) is 84.5 cm³/mol. The first-order chi connectivity index (χ1) is 10.6. The number of hydrogen-bond donors (Lipinski definition) is 1. The molecule has 1 amide bonds. The Morgan fingerprint density at radius 1 is 1.09 bits per heavy atom. The van der Waals surface area contributed by atoms with E-state index in [0.717, 1.165) is 16.9 Å². The van der Waals surface area contributed by atoms with E-state index in [1.54, 1.807) is 18.2 Å². The largest absolute Gasteiger partial charge is 0.491 e. The summed E-state index contributed by atoms with van der Waals surface area (Å²) in [5.41, 5.74) is 2.53. The fraction of sp³-hybridized carbons (Fsp3) is 0.278. The second kappa shape index (κ2) is 7.59. The van der Waals surface area contributed by atoms with E-state index in [2.05, 4.69) is 5.32 Å². The summed E-state index contributed by atoms with van der Waals surface area (Å²) in [5.74, 6) is 0.283. The van der Waals surface area contributed by atoms with Crippen molar-refractivity contribution in [1.82, 2.24) is 5.32 Å². The smallest absolute Gasteiger partial charge is 0.224 e. The summed E-state index contributed by atoms with van der Waals surface area (Å²) < 4.78 is 19.1. The number of carbonyl (C=O) groups is 1. The van der Waals surface area contributed by atoms with Crippen LogP contribution in [-0.4, -0.2) is 19.1 Å². The molecule has 0 radical (unpaired) electrons. The summed E-state index contributed by atoms with van der Waals surface area (Å²) in [6.45, 7) is 4.74. The molecule has 0 fully saturated rings. The zero-order valence-electron chi connectivity index (χ0n) is 12.9. The first-order valence-corrected chi connectivity index (χ1v) is 7.27. The summed E-state index contributed by atoms with van der Waals surface area (Å²) in [6, 6.07) is 12.2. The average Bonchev–Trinajstić information content (AvgIpc) is 2.48. The summed E-state index contributed by atoms with van der Waals surface area (Å²) in [6.07, 6.45) is 0.0378. The van der Waals surface area contributed by atoms with Gasteiger partial charge in [-0.15, -0.1) is 0 Å². The Kier molecular flexibility index (Phi) is 5.53. The van der Waals surface area contributed by atoms with Crippen LogP contribution in [-0.2, 0) is 11.2 Å². The van der Waals surface area contributed by atoms with Gasteiger partial charge in [-0.3, -0.25) is 4.79 Å². The lowest BCUT2D eigenvalue weighted by molar-refractivity contribution is -0.120. The molecule has 2 aromatic carbocycles. The van der Waals surface area contributed by atoms with Crippen molar-refractivity contribution in [1.29, 1.82) is 0 Å². The van der Waals surface area contributed by atoms with E-state index in [1.807, 2.05) is 32.0 Å². The molecule has 0 unspecified atom stereocenters. The van der Waals surface area contributed by atoms with Crippen LogP contribution in [0.5, 0.6) is 5.75 Å². The lowest BCUT2D eigenvalue weighted by Crippen LogP contribution is -2.29. The molecule has 0 aromatic heterocycles. The van der Waals surface area contributed by atoms with E-state index in [0.29, 0.717) is 18.7 Å². The van der Waals surface area contributed by atoms with E-state index in [4.69, 9.17) is 4.74 Å². The Morgan fingerprint density at radius 3 is 2.45 bits per heavy atom. The van der Waals surface area contributed by atoms with Gasteiger partial charge >= 0.3 is 0 Å². The molecule has 0 spiro atoms. The summed E-state index contributed by atoms with van der Waals surface area (Å²) >= 11 is 0. The van der Waals surface area contributed by atoms with Gasteiger partial charge in [-0.2, -0.15) is 0 Å². The maximum Gasteiger partial charge on any atom is 0.224 e. The number of ether oxygens (including phenoxy) is 1. The highest BCUT2D eigenvalue weighted by Crippen LogP contribution is 2.21. The van der Waals surface area contributed by atoms with Gasteiger partial charge < -0.3 is 10.1 Å². The van der Waals surface area contributed by atoms with Crippen molar-refractivity contribution in [3.05, 3.63) is 65.0 Å². The van der Waals surface area contributed by atoms with Crippen LogP contribution in [0.3, 0.4) is 0 Å². The zero-order valence-corrected chi connectivity index (χ0v) is 12.9. The van der Waals surface area contributed by atoms with Crippen LogP contribution in [0.4, 0.5) is 4.39 Å². The monoisotopic (exact) mass is 301 g/mol. The predicted octanol–water partition coefficient (Wildman–Crippen LogP) is 3.18. The van der Waals surface area contributed by atoms with Crippen molar-refractivity contribution < 1.29 is 13.9 Å². The van der Waals surface area contributed by atoms with Gasteiger partial charge in [-0.1, -0.05) is 36.4 Å². The lowest BCUT2D eigenvalue weighted by atomic mass is 10.1. The number of nitrogens with one attached hydrogen (secondary N) is 1. The Labute approximate surface area is 130 Å². The third-order valence-corrected chi connectivity index (χ3v) is 3.39. The molecule has 0 aliphatic heterocycles. The van der Waals surface area contributed by atoms with Gasteiger partial charge in [0, 0.05) is 0 Å². The number of hydrogen-bond acceptors (Lipinski definition) is 2. The van der Waals surface area contributed by atoms with E-state index in [1.165, 1.54) is 6.07 Å². The highest BCUT2D eigenvalue weighted by Gasteiger charge is 2.07. The first kappa shape index (κ1) is 16.0. The molecule has 0 aliphatic carbocycles. The number of carbonyl (C=O) groups excluding carboxylic acids is 1. The molecule has 0 atom stereocenters. The molecular formula is C18H20FNO2. The van der Waals surface area contributed by atoms with Crippen LogP contribution in [0.15, 0.2) is 42.5 Å². The number of rotatable bonds is 6. The lowest BCUT2D eigenvalue weighted by Gasteiger charge is -2.12. The fourth-order valence-corrected chi connectivity index (χ4v) is 2.25. The van der Waals surface area contributed by atoms with Crippen molar-refractivity contribution in [3.8, 4) is 5.75 Å². The van der Waals surface area contributed by atoms with Gasteiger partial charge in [0.25, 0.3) is 0 Å². The van der Waals surface area contributed by atoms with E-state index >= 15 is 0 Å². The molecule has 2 rings (SSSR count). The Morgan fingerprint density at radius 2 is 1.77 bits per heavy atom. The average molecular weight is 301 g/mol. The number of amides is 1. The maximum atomic E-state index is 13.4. The zero-order chi connectivity index (χ0) is 15.9. The van der Waals surface area contributed by atoms with Crippen LogP contribution in [0, 0.1) is 19.7 Å². The molecule has 0 aliphatic rings. The summed E-state index contributed by atoms with van der Waals surface area (Å²) in [7, 11) is 0. The molecule has 0 saturated carbocycles. The molecule has 116 valence electrons. The molecule has 4 heteroatoms. The molecule has 0 bridgehead atoms. The minimum absolute atomic E-state index is 0.0378. The number of halogens is 1. The van der Waals surface area contributed by atoms with Gasteiger partial charge in [-0.25, -0.2) is 4.39 Å². The van der Waals surface area contributed by atoms with Crippen molar-refractivity contribution in [2.45, 2.75) is 20.3 Å². The molecule has 22 heavy (non-hydrogen) atoms. The van der Waals surface area contributed by atoms with E-state index in [9.17, 15) is 9.18 Å². The van der Waals surface area contributed by atoms with Gasteiger partial charge in [0.2, 0.25) is 5.91 Å². The Balaban J connectivity index is 1.77. The second-order valence-electron chi connectivity index (χ2n) is 5.19. The standard InChI is InChI=1S/C18H20FNO2/c1-13-6-5-7-14(2)18(13)22-11-10-20-17(21)12-15-8-3-4-9-16(15)19/h3-9H,10-12H2,1-2H3,(H,20,21). The molecular weight excluding hydrogens is 281 g/mol. The first-order valence-electron chi connectivity index (χ1n) is 7.27. The number of aryl methyl sites for hydroxylation is 2. The van der Waals surface area contributed by atoms with Crippen molar-refractivity contribution in [2.75, 3.05) is 13.2 Å². The van der Waals surface area contributed by atoms with Crippen molar-refractivity contribution in [2.24, 2.45) is 0 Å². The SMILES string of the molecule is Cc1cccc(C)c1OCCNC(=O)Cc1ccccc1F. The van der Waals surface area contributed by atoms with E-state index < -0.39 is 0 Å². The minimum Gasteiger partial charge on any atom is -0.491 e. The Bertz CT molecular complexity index is 635. The van der Waals surface area contributed by atoms with Crippen LogP contribution in [0.2, 0.25) is 0 Å². The normalized spacial score (nSPS) is 10.3. The van der Waals surface area contributed by atoms with Crippen molar-refractivity contribution >= 4 is 5.91 Å². The number of benzene rings is 2. The highest BCUT2D eigenvalue weighted by atomic mass is 19.1. The highest BCUT2D eigenvalue weighted by molar-refractivity contribution is 5.78. The molecule has 3 nitrogen and oxygen atoms in total. The topological polar surface area (TPSA) is 38.3 Å². The second-order valence-corrected chi connectivity index (χ2v) is 5.19. The molecule has 2 aromatic rings. The van der Waals surface area contributed by atoms with Gasteiger partial charge in [0.15, 0.2) is 0 Å². The Hall–Kier alpha value is -2.36. The van der Waals surface area contributed by atoms with E-state index in [-0.39, 0.29) is 18.1 Å². The molecule has 1 N–H and O–H groups in total. The fourth-order valence-electron chi connectivity index (χ4n) is 2.25. The third kappa shape index (κ3) is 4.32. The number of para-hydroxylation sites is 1. The van der Waals surface area contributed by atoms with Crippen LogP contribution >= 0.6 is 0 Å². The molecule has 0 heterocycles. The van der Waals surface area contributed by atoms with Crippen LogP contribution in [0.25, 0.3) is 0 Å². The van der Waals surface area contributed by atoms with Gasteiger partial charge in [-0.05, 0) is 36.6 Å². The third-order valence-electron chi connectivity index (χ3n) is 3.39. The quantitative estimate of drug-likeness (QED) is 0.832. The minimum atomic E-state index is -0.357.